The molecule has 90 valence electrons. The Morgan fingerprint density at radius 1 is 1.20 bits per heavy atom. The van der Waals surface area contributed by atoms with Crippen LogP contribution in [0.2, 0.25) is 0 Å². The summed E-state index contributed by atoms with van der Waals surface area (Å²) in [7, 11) is 0. The van der Waals surface area contributed by atoms with Gasteiger partial charge in [-0.2, -0.15) is 0 Å². The molecule has 0 amide bonds. The lowest BCUT2D eigenvalue weighted by Gasteiger charge is -2.08. The highest BCUT2D eigenvalue weighted by molar-refractivity contribution is 6.52. The maximum absolute atomic E-state index is 10.8. The van der Waals surface area contributed by atoms with Crippen LogP contribution in [0.1, 0.15) is 39.0 Å². The molecule has 0 aromatic carbocycles. The molecule has 1 atom stereocenters. The van der Waals surface area contributed by atoms with Gasteiger partial charge in [0.1, 0.15) is 0 Å². The molecule has 0 saturated carbocycles. The van der Waals surface area contributed by atoms with Crippen molar-refractivity contribution in [3.63, 3.8) is 0 Å². The minimum Gasteiger partial charge on any atom is -0.464 e. The molecule has 0 spiro atoms. The molecule has 0 fully saturated rings. The van der Waals surface area contributed by atoms with Gasteiger partial charge in [0.25, 0.3) is 0 Å². The third-order valence-electron chi connectivity index (χ3n) is 1.94. The van der Waals surface area contributed by atoms with E-state index >= 15 is 0 Å². The molecule has 15 heavy (non-hydrogen) atoms. The second-order valence-electron chi connectivity index (χ2n) is 3.35. The molecule has 2 nitrogen and oxygen atoms in total. The molecule has 0 heterocycles. The van der Waals surface area contributed by atoms with Crippen molar-refractivity contribution < 1.29 is 9.53 Å². The number of rotatable bonds is 8. The van der Waals surface area contributed by atoms with E-state index < -0.39 is 10.8 Å². The van der Waals surface area contributed by atoms with Crippen molar-refractivity contribution in [2.45, 2.75) is 49.2 Å². The maximum Gasteiger partial charge on any atom is 0.339 e. The summed E-state index contributed by atoms with van der Waals surface area (Å²) in [5.74, 6) is -0.575. The summed E-state index contributed by atoms with van der Waals surface area (Å²) in [5, 5.41) is 0.236. The van der Waals surface area contributed by atoms with E-state index in [2.05, 4.69) is 6.92 Å². The summed E-state index contributed by atoms with van der Waals surface area (Å²) in [6, 6.07) is 0. The third kappa shape index (κ3) is 9.28. The number of alkyl halides is 3. The van der Waals surface area contributed by atoms with E-state index in [4.69, 9.17) is 39.5 Å². The fourth-order valence-electron chi connectivity index (χ4n) is 1.16. The second-order valence-corrected chi connectivity index (χ2v) is 5.06. The Labute approximate surface area is 106 Å². The highest BCUT2D eigenvalue weighted by Crippen LogP contribution is 2.13. The summed E-state index contributed by atoms with van der Waals surface area (Å²) in [5.41, 5.74) is 0. The highest BCUT2D eigenvalue weighted by atomic mass is 35.5. The Morgan fingerprint density at radius 2 is 1.87 bits per heavy atom. The lowest BCUT2D eigenvalue weighted by molar-refractivity contribution is -0.141. The van der Waals surface area contributed by atoms with Crippen LogP contribution in [0.4, 0.5) is 0 Å². The summed E-state index contributed by atoms with van der Waals surface area (Å²) in [6.07, 6.45) is 4.85. The zero-order valence-corrected chi connectivity index (χ0v) is 11.1. The van der Waals surface area contributed by atoms with Crippen LogP contribution >= 0.6 is 34.8 Å². The standard InChI is InChI=1S/C10H17Cl3O2/c1-2-5-8(11)6-3-4-7-15-10(14)9(12)13/h8-9H,2-7H2,1H3. The SMILES string of the molecule is CCCC(Cl)CCCCOC(=O)C(Cl)Cl. The highest BCUT2D eigenvalue weighted by Gasteiger charge is 2.12. The molecule has 1 unspecified atom stereocenters. The van der Waals surface area contributed by atoms with Gasteiger partial charge in [0.05, 0.1) is 6.61 Å². The largest absolute Gasteiger partial charge is 0.464 e. The number of unbranched alkanes of at least 4 members (excludes halogenated alkanes) is 1. The third-order valence-corrected chi connectivity index (χ3v) is 2.73. The Kier molecular flexibility index (Phi) is 9.77. The van der Waals surface area contributed by atoms with Crippen LogP contribution in [0.25, 0.3) is 0 Å². The van der Waals surface area contributed by atoms with Gasteiger partial charge in [-0.3, -0.25) is 0 Å². The van der Waals surface area contributed by atoms with E-state index in [1.807, 2.05) is 0 Å². The van der Waals surface area contributed by atoms with Crippen molar-refractivity contribution in [1.82, 2.24) is 0 Å². The molecule has 0 aliphatic carbocycles. The minimum atomic E-state index is -1.08. The average Bonchev–Trinajstić information content (AvgIpc) is 2.17. The van der Waals surface area contributed by atoms with E-state index in [0.717, 1.165) is 32.1 Å². The predicted octanol–water partition coefficient (Wildman–Crippen LogP) is 3.91. The predicted molar refractivity (Wildman–Crippen MR) is 64.9 cm³/mol. The Hall–Kier alpha value is 0.340. The molecule has 0 bridgehead atoms. The van der Waals surface area contributed by atoms with Crippen molar-refractivity contribution in [2.75, 3.05) is 6.61 Å². The smallest absolute Gasteiger partial charge is 0.339 e. The van der Waals surface area contributed by atoms with E-state index in [-0.39, 0.29) is 5.38 Å². The van der Waals surface area contributed by atoms with Crippen LogP contribution in [-0.4, -0.2) is 22.8 Å². The van der Waals surface area contributed by atoms with Crippen molar-refractivity contribution in [3.05, 3.63) is 0 Å². The molecule has 5 heteroatoms. The Morgan fingerprint density at radius 3 is 2.40 bits per heavy atom. The molecular weight excluding hydrogens is 258 g/mol. The van der Waals surface area contributed by atoms with Gasteiger partial charge in [0.2, 0.25) is 4.84 Å². The molecule has 0 N–H and O–H groups in total. The fourth-order valence-corrected chi connectivity index (χ4v) is 1.66. The van der Waals surface area contributed by atoms with E-state index in [1.165, 1.54) is 0 Å². The van der Waals surface area contributed by atoms with Gasteiger partial charge in [-0.25, -0.2) is 4.79 Å². The molecule has 0 rings (SSSR count). The zero-order valence-electron chi connectivity index (χ0n) is 8.85. The summed E-state index contributed by atoms with van der Waals surface area (Å²) in [6.45, 7) is 2.47. The van der Waals surface area contributed by atoms with Crippen LogP contribution in [-0.2, 0) is 9.53 Å². The number of halogens is 3. The first-order chi connectivity index (χ1) is 7.07. The van der Waals surface area contributed by atoms with Gasteiger partial charge >= 0.3 is 5.97 Å². The fraction of sp³-hybridized carbons (Fsp3) is 0.900. The number of hydrogen-bond acceptors (Lipinski definition) is 2. The average molecular weight is 276 g/mol. The zero-order chi connectivity index (χ0) is 11.7. The first kappa shape index (κ1) is 15.3. The minimum absolute atomic E-state index is 0.236. The van der Waals surface area contributed by atoms with Gasteiger partial charge in [-0.15, -0.1) is 11.6 Å². The maximum atomic E-state index is 10.8. The number of carbonyl (C=O) groups excluding carboxylic acids is 1. The molecule has 0 aromatic heterocycles. The van der Waals surface area contributed by atoms with Crippen LogP contribution < -0.4 is 0 Å². The molecule has 0 aliphatic heterocycles. The van der Waals surface area contributed by atoms with Crippen molar-refractivity contribution in [3.8, 4) is 0 Å². The summed E-state index contributed by atoms with van der Waals surface area (Å²) in [4.78, 5) is 9.75. The quantitative estimate of drug-likeness (QED) is 0.381. The van der Waals surface area contributed by atoms with Gasteiger partial charge in [0, 0.05) is 5.38 Å². The number of hydrogen-bond donors (Lipinski definition) is 0. The normalized spacial score (nSPS) is 12.9. The first-order valence-corrected chi connectivity index (χ1v) is 6.47. The monoisotopic (exact) mass is 274 g/mol. The van der Waals surface area contributed by atoms with E-state index in [0.29, 0.717) is 6.61 Å². The molecule has 0 aromatic rings. The van der Waals surface area contributed by atoms with Crippen molar-refractivity contribution in [2.24, 2.45) is 0 Å². The van der Waals surface area contributed by atoms with Crippen LogP contribution in [0.5, 0.6) is 0 Å². The van der Waals surface area contributed by atoms with Crippen LogP contribution in [0.15, 0.2) is 0 Å². The van der Waals surface area contributed by atoms with Crippen LogP contribution in [0.3, 0.4) is 0 Å². The topological polar surface area (TPSA) is 26.3 Å². The van der Waals surface area contributed by atoms with E-state index in [1.54, 1.807) is 0 Å². The second kappa shape index (κ2) is 9.56. The molecule has 0 saturated heterocycles. The molecule has 0 aliphatic rings. The van der Waals surface area contributed by atoms with Gasteiger partial charge in [-0.05, 0) is 25.7 Å². The number of esters is 1. The Balaban J connectivity index is 3.28. The van der Waals surface area contributed by atoms with Gasteiger partial charge < -0.3 is 4.74 Å². The number of carbonyl (C=O) groups is 1. The lowest BCUT2D eigenvalue weighted by atomic mass is 10.1. The summed E-state index contributed by atoms with van der Waals surface area (Å²) < 4.78 is 4.80. The lowest BCUT2D eigenvalue weighted by Crippen LogP contribution is -2.13. The Bertz CT molecular complexity index is 174. The summed E-state index contributed by atoms with van der Waals surface area (Å²) >= 11 is 16.6. The van der Waals surface area contributed by atoms with Gasteiger partial charge in [0.15, 0.2) is 0 Å². The van der Waals surface area contributed by atoms with Crippen molar-refractivity contribution >= 4 is 40.8 Å². The van der Waals surface area contributed by atoms with Gasteiger partial charge in [-0.1, -0.05) is 36.5 Å². The first-order valence-electron chi connectivity index (χ1n) is 5.16. The molecular formula is C10H17Cl3O2. The van der Waals surface area contributed by atoms with Crippen molar-refractivity contribution in [1.29, 1.82) is 0 Å². The molecule has 0 radical (unpaired) electrons. The number of ether oxygens (including phenoxy) is 1. The van der Waals surface area contributed by atoms with E-state index in [9.17, 15) is 4.79 Å². The van der Waals surface area contributed by atoms with Crippen LogP contribution in [0, 0.1) is 0 Å².